The molecule has 0 aliphatic carbocycles. The molecule has 1 N–H and O–H groups in total. The molecule has 7 heterocycles. The minimum atomic E-state index is -0.480. The first-order chi connectivity index (χ1) is 21.1. The van der Waals surface area contributed by atoms with Crippen LogP contribution in [0.1, 0.15) is 38.5 Å². The Kier molecular flexibility index (Phi) is 6.06. The molecule has 220 valence electrons. The fourth-order valence-corrected chi connectivity index (χ4v) is 8.86. The molecule has 4 saturated heterocycles. The van der Waals surface area contributed by atoms with Crippen molar-refractivity contribution in [3.05, 3.63) is 54.5 Å². The Bertz CT molecular complexity index is 1730. The van der Waals surface area contributed by atoms with Crippen LogP contribution in [0, 0.1) is 5.82 Å². The van der Waals surface area contributed by atoms with Crippen LogP contribution < -0.4 is 19.7 Å². The quantitative estimate of drug-likeness (QED) is 0.262. The van der Waals surface area contributed by atoms with E-state index in [-0.39, 0.29) is 22.8 Å². The van der Waals surface area contributed by atoms with Gasteiger partial charge in [-0.2, -0.15) is 9.97 Å². The fraction of sp³-hybridized carbons (Fsp3) is 0.424. The highest BCUT2D eigenvalue weighted by atomic mass is 32.2. The van der Waals surface area contributed by atoms with Crippen LogP contribution in [0.25, 0.3) is 22.2 Å². The summed E-state index contributed by atoms with van der Waals surface area (Å²) in [4.78, 5) is 21.2. The van der Waals surface area contributed by atoms with Gasteiger partial charge in [-0.3, -0.25) is 9.88 Å². The van der Waals surface area contributed by atoms with E-state index in [1.165, 1.54) is 12.8 Å². The number of fused-ring (bicyclic) bond motifs is 6. The summed E-state index contributed by atoms with van der Waals surface area (Å²) in [6.45, 7) is 4.40. The van der Waals surface area contributed by atoms with Crippen molar-refractivity contribution in [2.75, 3.05) is 37.7 Å². The zero-order chi connectivity index (χ0) is 28.5. The summed E-state index contributed by atoms with van der Waals surface area (Å²) >= 11 is 1.62. The van der Waals surface area contributed by atoms with Crippen LogP contribution in [0.3, 0.4) is 0 Å². The molecular formula is C33H33FN6O2S. The largest absolute Gasteiger partial charge is 0.461 e. The molecule has 0 spiro atoms. The van der Waals surface area contributed by atoms with Crippen molar-refractivity contribution in [2.45, 2.75) is 65.9 Å². The minimum Gasteiger partial charge on any atom is -0.461 e. The van der Waals surface area contributed by atoms with E-state index in [0.29, 0.717) is 41.2 Å². The molecule has 43 heavy (non-hydrogen) atoms. The number of para-hydroxylation sites is 2. The van der Waals surface area contributed by atoms with Gasteiger partial charge in [-0.25, -0.2) is 4.39 Å². The third-order valence-electron chi connectivity index (χ3n) is 9.96. The van der Waals surface area contributed by atoms with Gasteiger partial charge in [0.2, 0.25) is 0 Å². The zero-order valence-electron chi connectivity index (χ0n) is 23.9. The van der Waals surface area contributed by atoms with E-state index in [0.717, 1.165) is 67.4 Å². The highest BCUT2D eigenvalue weighted by Crippen LogP contribution is 2.51. The van der Waals surface area contributed by atoms with Gasteiger partial charge in [0.15, 0.2) is 11.6 Å². The predicted octanol–water partition coefficient (Wildman–Crippen LogP) is 6.04. The zero-order valence-corrected chi connectivity index (χ0v) is 24.7. The lowest BCUT2D eigenvalue weighted by Crippen LogP contribution is -2.51. The number of piperazine rings is 1. The summed E-state index contributed by atoms with van der Waals surface area (Å²) < 4.78 is 29.5. The van der Waals surface area contributed by atoms with E-state index in [1.807, 2.05) is 42.5 Å². The summed E-state index contributed by atoms with van der Waals surface area (Å²) in [7, 11) is 0. The molecule has 8 nitrogen and oxygen atoms in total. The lowest BCUT2D eigenvalue weighted by molar-refractivity contribution is 0.108. The van der Waals surface area contributed by atoms with E-state index < -0.39 is 5.82 Å². The number of pyridine rings is 1. The second-order valence-corrected chi connectivity index (χ2v) is 13.6. The molecule has 4 aromatic rings. The van der Waals surface area contributed by atoms with Crippen molar-refractivity contribution in [3.8, 4) is 28.8 Å². The van der Waals surface area contributed by atoms with E-state index in [9.17, 15) is 0 Å². The normalized spacial score (nSPS) is 23.6. The first-order valence-electron chi connectivity index (χ1n) is 15.5. The molecule has 2 aromatic carbocycles. The second kappa shape index (κ2) is 10.0. The van der Waals surface area contributed by atoms with E-state index in [1.54, 1.807) is 18.0 Å². The van der Waals surface area contributed by atoms with Crippen molar-refractivity contribution in [1.82, 2.24) is 25.2 Å². The summed E-state index contributed by atoms with van der Waals surface area (Å²) in [5, 5.41) is 4.30. The van der Waals surface area contributed by atoms with Gasteiger partial charge in [0.05, 0.1) is 20.7 Å². The first kappa shape index (κ1) is 26.0. The Labute approximate surface area is 254 Å². The molecule has 5 aliphatic heterocycles. The number of rotatable bonds is 5. The lowest BCUT2D eigenvalue weighted by atomic mass is 9.95. The third kappa shape index (κ3) is 4.29. The van der Waals surface area contributed by atoms with Crippen molar-refractivity contribution in [2.24, 2.45) is 0 Å². The van der Waals surface area contributed by atoms with Crippen molar-refractivity contribution >= 4 is 28.5 Å². The average molecular weight is 597 g/mol. The molecule has 2 unspecified atom stereocenters. The van der Waals surface area contributed by atoms with Gasteiger partial charge in [0.1, 0.15) is 29.4 Å². The second-order valence-electron chi connectivity index (χ2n) is 12.5. The Balaban J connectivity index is 1.14. The lowest BCUT2D eigenvalue weighted by Gasteiger charge is -2.34. The number of nitrogens with one attached hydrogen (secondary N) is 1. The number of halogens is 1. The van der Waals surface area contributed by atoms with Gasteiger partial charge in [-0.15, -0.1) is 0 Å². The number of anilines is 1. The summed E-state index contributed by atoms with van der Waals surface area (Å²) in [6.07, 6.45) is 8.63. The molecule has 0 radical (unpaired) electrons. The predicted molar refractivity (Wildman–Crippen MR) is 164 cm³/mol. The Morgan fingerprint density at radius 1 is 1.00 bits per heavy atom. The Hall–Kier alpha value is -3.47. The summed E-state index contributed by atoms with van der Waals surface area (Å²) in [5.41, 5.74) is 1.11. The number of hydrogen-bond acceptors (Lipinski definition) is 9. The number of hydrogen-bond donors (Lipinski definition) is 1. The molecule has 0 saturated carbocycles. The monoisotopic (exact) mass is 596 g/mol. The van der Waals surface area contributed by atoms with Gasteiger partial charge in [0, 0.05) is 36.9 Å². The maximum absolute atomic E-state index is 16.8. The topological polar surface area (TPSA) is 75.6 Å². The van der Waals surface area contributed by atoms with E-state index >= 15 is 4.39 Å². The molecule has 5 aliphatic rings. The Morgan fingerprint density at radius 3 is 2.63 bits per heavy atom. The molecule has 4 fully saturated rings. The van der Waals surface area contributed by atoms with E-state index in [4.69, 9.17) is 24.4 Å². The summed E-state index contributed by atoms with van der Waals surface area (Å²) in [5.74, 6) is 1.60. The van der Waals surface area contributed by atoms with Gasteiger partial charge >= 0.3 is 6.01 Å². The molecule has 2 aromatic heterocycles. The van der Waals surface area contributed by atoms with Crippen LogP contribution in [0.15, 0.2) is 58.5 Å². The molecule has 9 rings (SSSR count). The van der Waals surface area contributed by atoms with Gasteiger partial charge < -0.3 is 19.7 Å². The molecule has 2 bridgehead atoms. The number of benzene rings is 2. The molecular weight excluding hydrogens is 563 g/mol. The van der Waals surface area contributed by atoms with Crippen molar-refractivity contribution in [3.63, 3.8) is 0 Å². The van der Waals surface area contributed by atoms with Crippen LogP contribution in [0.5, 0.6) is 17.5 Å². The Morgan fingerprint density at radius 2 is 1.79 bits per heavy atom. The molecule has 0 amide bonds. The van der Waals surface area contributed by atoms with Crippen LogP contribution in [-0.2, 0) is 0 Å². The number of ether oxygens (including phenoxy) is 2. The van der Waals surface area contributed by atoms with Crippen LogP contribution >= 0.6 is 11.8 Å². The van der Waals surface area contributed by atoms with Crippen LogP contribution in [-0.4, -0.2) is 70.3 Å². The van der Waals surface area contributed by atoms with Gasteiger partial charge in [-0.05, 0) is 75.9 Å². The number of nitrogens with zero attached hydrogens (tertiary/aromatic N) is 5. The fourth-order valence-electron chi connectivity index (χ4n) is 7.88. The maximum Gasteiger partial charge on any atom is 0.319 e. The van der Waals surface area contributed by atoms with Crippen molar-refractivity contribution in [1.29, 1.82) is 0 Å². The van der Waals surface area contributed by atoms with E-state index in [2.05, 4.69) is 15.1 Å². The van der Waals surface area contributed by atoms with Crippen LogP contribution in [0.4, 0.5) is 10.2 Å². The van der Waals surface area contributed by atoms with Crippen molar-refractivity contribution < 1.29 is 13.9 Å². The summed E-state index contributed by atoms with van der Waals surface area (Å²) in [6, 6.07) is 14.7. The number of aromatic nitrogens is 3. The SMILES string of the molecule is Fc1c(-c2cccc3c2Oc2ccccc2S3)ncc2c(N3CC4CCC(C3)N4)nc(OCC34CCCN3CCC4)nc12. The first-order valence-corrected chi connectivity index (χ1v) is 16.3. The maximum atomic E-state index is 16.8. The minimum absolute atomic E-state index is 0.0446. The smallest absolute Gasteiger partial charge is 0.319 e. The third-order valence-corrected chi connectivity index (χ3v) is 11.1. The van der Waals surface area contributed by atoms with Crippen LogP contribution in [0.2, 0.25) is 0 Å². The highest BCUT2D eigenvalue weighted by Gasteiger charge is 2.45. The van der Waals surface area contributed by atoms with Gasteiger partial charge in [-0.1, -0.05) is 30.0 Å². The molecule has 10 heteroatoms. The standard InChI is InChI=1S/C33H33FN6O2S/c34-27-28(22-6-3-9-26-30(22)42-24-7-1-2-8-25(24)43-26)35-16-23-29(27)37-32(41-19-33-12-4-14-40(33)15-5-13-33)38-31(23)39-17-20-10-11-21(18-39)36-20/h1-3,6-9,16,20-21,36H,4-5,10-15,17-19H2. The molecule has 2 atom stereocenters. The highest BCUT2D eigenvalue weighted by molar-refractivity contribution is 7.99. The van der Waals surface area contributed by atoms with Gasteiger partial charge in [0.25, 0.3) is 0 Å². The average Bonchev–Trinajstić information content (AvgIpc) is 3.72.